The Kier molecular flexibility index (Phi) is 8.10. The van der Waals surface area contributed by atoms with Crippen molar-refractivity contribution in [3.63, 3.8) is 0 Å². The van der Waals surface area contributed by atoms with E-state index in [0.29, 0.717) is 6.54 Å². The van der Waals surface area contributed by atoms with Crippen molar-refractivity contribution in [1.29, 1.82) is 0 Å². The van der Waals surface area contributed by atoms with Crippen LogP contribution in [-0.4, -0.2) is 40.0 Å². The van der Waals surface area contributed by atoms with Gasteiger partial charge in [-0.05, 0) is 41.5 Å². The third-order valence-electron chi connectivity index (χ3n) is 6.63. The number of tetrazole rings is 1. The Morgan fingerprint density at radius 2 is 1.51 bits per heavy atom. The smallest absolute Gasteiger partial charge is 0.266 e. The summed E-state index contributed by atoms with van der Waals surface area (Å²) in [6.07, 6.45) is 12.0. The van der Waals surface area contributed by atoms with Crippen molar-refractivity contribution >= 4 is 5.52 Å². The van der Waals surface area contributed by atoms with Gasteiger partial charge in [0, 0.05) is 30.8 Å². The minimum Gasteiger partial charge on any atom is -0.268 e. The number of benzene rings is 1. The molecule has 0 saturated heterocycles. The number of hydrogen-bond donors (Lipinski definition) is 1. The quantitative estimate of drug-likeness (QED) is 0.227. The van der Waals surface area contributed by atoms with Crippen LogP contribution in [0, 0.1) is 0 Å². The topological polar surface area (TPSA) is 107 Å². The maximum absolute atomic E-state index is 12.6. The molecule has 0 aliphatic carbocycles. The number of H-pyrrole nitrogens is 1. The predicted octanol–water partition coefficient (Wildman–Crippen LogP) is 5.10. The van der Waals surface area contributed by atoms with E-state index in [1.165, 1.54) is 32.1 Å². The van der Waals surface area contributed by atoms with Gasteiger partial charge in [-0.3, -0.25) is 4.79 Å². The van der Waals surface area contributed by atoms with E-state index in [-0.39, 0.29) is 5.56 Å². The van der Waals surface area contributed by atoms with Crippen molar-refractivity contribution in [2.24, 2.45) is 0 Å². The molecule has 5 aromatic rings. The lowest BCUT2D eigenvalue weighted by Crippen LogP contribution is -2.22. The molecule has 0 bridgehead atoms. The van der Waals surface area contributed by atoms with E-state index in [4.69, 9.17) is 10.2 Å². The summed E-state index contributed by atoms with van der Waals surface area (Å²) in [4.78, 5) is 12.6. The van der Waals surface area contributed by atoms with Gasteiger partial charge in [0.05, 0.1) is 16.8 Å². The summed E-state index contributed by atoms with van der Waals surface area (Å²) in [6.45, 7) is 0.623. The number of unbranched alkanes of at least 4 members (excludes halogenated alkanes) is 7. The van der Waals surface area contributed by atoms with Gasteiger partial charge < -0.3 is 0 Å². The first-order valence-electron chi connectivity index (χ1n) is 13.1. The molecule has 0 amide bonds. The number of nitrogens with one attached hydrogen (secondary N) is 1. The Hall–Kier alpha value is -4.14. The predicted molar refractivity (Wildman–Crippen MR) is 143 cm³/mol. The normalized spacial score (nSPS) is 11.4. The summed E-state index contributed by atoms with van der Waals surface area (Å²) in [7, 11) is 0. The van der Waals surface area contributed by atoms with Gasteiger partial charge >= 0.3 is 0 Å². The number of pyridine rings is 1. The summed E-state index contributed by atoms with van der Waals surface area (Å²) in [5, 5.41) is 23.5. The molecule has 0 aliphatic heterocycles. The first kappa shape index (κ1) is 24.5. The molecule has 1 aromatic carbocycles. The van der Waals surface area contributed by atoms with Gasteiger partial charge in [-0.25, -0.2) is 14.3 Å². The fourth-order valence-electron chi connectivity index (χ4n) is 4.69. The second-order valence-corrected chi connectivity index (χ2v) is 9.33. The van der Waals surface area contributed by atoms with Crippen molar-refractivity contribution in [1.82, 2.24) is 40.0 Å². The van der Waals surface area contributed by atoms with E-state index in [1.807, 2.05) is 53.2 Å². The third kappa shape index (κ3) is 6.17. The minimum absolute atomic E-state index is 0.0663. The fraction of sp³-hybridized carbons (Fsp3) is 0.357. The second-order valence-electron chi connectivity index (χ2n) is 9.33. The van der Waals surface area contributed by atoms with Crippen molar-refractivity contribution in [2.45, 2.75) is 64.3 Å². The molecular formula is C28H32N8O. The summed E-state index contributed by atoms with van der Waals surface area (Å²) in [6, 6.07) is 19.6. The van der Waals surface area contributed by atoms with E-state index in [2.05, 4.69) is 32.8 Å². The van der Waals surface area contributed by atoms with Crippen molar-refractivity contribution in [2.75, 3.05) is 0 Å². The van der Waals surface area contributed by atoms with Crippen LogP contribution in [0.2, 0.25) is 0 Å². The highest BCUT2D eigenvalue weighted by molar-refractivity contribution is 5.90. The lowest BCUT2D eigenvalue weighted by molar-refractivity contribution is 0.504. The monoisotopic (exact) mass is 496 g/mol. The highest BCUT2D eigenvalue weighted by Gasteiger charge is 2.18. The first-order chi connectivity index (χ1) is 18.3. The lowest BCUT2D eigenvalue weighted by Gasteiger charge is -2.08. The number of aryl methyl sites for hydroxylation is 2. The van der Waals surface area contributed by atoms with Crippen LogP contribution in [0.3, 0.4) is 0 Å². The van der Waals surface area contributed by atoms with Crippen LogP contribution >= 0.6 is 0 Å². The van der Waals surface area contributed by atoms with Crippen molar-refractivity contribution in [3.05, 3.63) is 83.0 Å². The molecule has 0 unspecified atom stereocenters. The van der Waals surface area contributed by atoms with E-state index in [9.17, 15) is 4.79 Å². The van der Waals surface area contributed by atoms with Crippen LogP contribution in [-0.2, 0) is 13.0 Å². The summed E-state index contributed by atoms with van der Waals surface area (Å²) >= 11 is 0. The third-order valence-corrected chi connectivity index (χ3v) is 6.63. The Morgan fingerprint density at radius 1 is 0.757 bits per heavy atom. The van der Waals surface area contributed by atoms with E-state index >= 15 is 0 Å². The molecule has 5 rings (SSSR count). The number of fused-ring (bicyclic) bond motifs is 1. The minimum atomic E-state index is -0.0663. The standard InChI is InChI=1S/C28H32N8O/c37-26-19-18-23(27-24-16-11-13-20-35(24)32-28(27)22-14-8-7-9-15-22)31-36(26)21-12-6-4-2-1-3-5-10-17-25-29-33-34-30-25/h7-9,11,13-16,18-20H,1-6,10,12,17,21H2,(H,29,30,33,34). The van der Waals surface area contributed by atoms with Crippen LogP contribution in [0.25, 0.3) is 28.0 Å². The van der Waals surface area contributed by atoms with E-state index in [0.717, 1.165) is 59.5 Å². The van der Waals surface area contributed by atoms with Crippen LogP contribution in [0.1, 0.15) is 57.2 Å². The SMILES string of the molecule is O=c1ccc(-c2c(-c3ccccc3)nn3ccccc23)nn1CCCCCCCCCCc1nnn[nH]1. The van der Waals surface area contributed by atoms with Gasteiger partial charge in [0.1, 0.15) is 11.5 Å². The molecule has 9 heteroatoms. The molecule has 0 fully saturated rings. The maximum Gasteiger partial charge on any atom is 0.266 e. The molecule has 4 aromatic heterocycles. The Labute approximate surface area is 215 Å². The van der Waals surface area contributed by atoms with Gasteiger partial charge in [-0.15, -0.1) is 5.10 Å². The number of rotatable bonds is 13. The Morgan fingerprint density at radius 3 is 2.30 bits per heavy atom. The van der Waals surface area contributed by atoms with Crippen molar-refractivity contribution in [3.8, 4) is 22.5 Å². The lowest BCUT2D eigenvalue weighted by atomic mass is 10.0. The molecule has 37 heavy (non-hydrogen) atoms. The van der Waals surface area contributed by atoms with Gasteiger partial charge in [-0.2, -0.15) is 10.2 Å². The zero-order chi connectivity index (χ0) is 25.3. The van der Waals surface area contributed by atoms with E-state index in [1.54, 1.807) is 10.7 Å². The van der Waals surface area contributed by atoms with Gasteiger partial charge in [0.25, 0.3) is 5.56 Å². The summed E-state index contributed by atoms with van der Waals surface area (Å²) in [5.41, 5.74) is 4.50. The number of hydrogen-bond acceptors (Lipinski definition) is 6. The molecule has 4 heterocycles. The van der Waals surface area contributed by atoms with Crippen LogP contribution in [0.4, 0.5) is 0 Å². The Bertz CT molecular complexity index is 1460. The molecule has 9 nitrogen and oxygen atoms in total. The Balaban J connectivity index is 1.17. The number of nitrogens with zero attached hydrogens (tertiary/aromatic N) is 7. The maximum atomic E-state index is 12.6. The van der Waals surface area contributed by atoms with Gasteiger partial charge in [0.15, 0.2) is 0 Å². The number of aromatic amines is 1. The molecule has 0 radical (unpaired) electrons. The van der Waals surface area contributed by atoms with Gasteiger partial charge in [-0.1, -0.05) is 74.9 Å². The van der Waals surface area contributed by atoms with Crippen LogP contribution < -0.4 is 5.56 Å². The van der Waals surface area contributed by atoms with Gasteiger partial charge in [0.2, 0.25) is 0 Å². The number of aromatic nitrogens is 8. The molecule has 0 saturated carbocycles. The molecule has 0 aliphatic rings. The summed E-state index contributed by atoms with van der Waals surface area (Å²) in [5.74, 6) is 0.866. The van der Waals surface area contributed by atoms with E-state index < -0.39 is 0 Å². The summed E-state index contributed by atoms with van der Waals surface area (Å²) < 4.78 is 3.48. The van der Waals surface area contributed by atoms with Crippen LogP contribution in [0.15, 0.2) is 71.7 Å². The molecule has 190 valence electrons. The average Bonchev–Trinajstić information content (AvgIpc) is 3.59. The molecular weight excluding hydrogens is 464 g/mol. The zero-order valence-electron chi connectivity index (χ0n) is 21.0. The van der Waals surface area contributed by atoms with Crippen molar-refractivity contribution < 1.29 is 0 Å². The molecule has 0 spiro atoms. The zero-order valence-corrected chi connectivity index (χ0v) is 21.0. The molecule has 0 atom stereocenters. The largest absolute Gasteiger partial charge is 0.268 e. The highest BCUT2D eigenvalue weighted by atomic mass is 16.1. The average molecular weight is 497 g/mol. The first-order valence-corrected chi connectivity index (χ1v) is 13.1. The molecule has 1 N–H and O–H groups in total. The highest BCUT2D eigenvalue weighted by Crippen LogP contribution is 2.33. The fourth-order valence-corrected chi connectivity index (χ4v) is 4.69. The van der Waals surface area contributed by atoms with Crippen LogP contribution in [0.5, 0.6) is 0 Å². The second kappa shape index (κ2) is 12.2.